The monoisotopic (exact) mass is 271 g/mol. The molecule has 1 aliphatic rings. The van der Waals surface area contributed by atoms with E-state index in [1.54, 1.807) is 30.3 Å². The van der Waals surface area contributed by atoms with Crippen LogP contribution >= 0.6 is 0 Å². The van der Waals surface area contributed by atoms with E-state index in [2.05, 4.69) is 0 Å². The van der Waals surface area contributed by atoms with E-state index in [1.165, 1.54) is 6.07 Å². The highest BCUT2D eigenvalue weighted by Crippen LogP contribution is 2.35. The largest absolute Gasteiger partial charge is 0.489 e. The Morgan fingerprint density at radius 3 is 2.80 bits per heavy atom. The van der Waals surface area contributed by atoms with E-state index < -0.39 is 5.82 Å². The first kappa shape index (κ1) is 12.3. The van der Waals surface area contributed by atoms with Crippen molar-refractivity contribution in [3.05, 3.63) is 53.3 Å². The first-order valence-electron chi connectivity index (χ1n) is 5.97. The third kappa shape index (κ3) is 2.36. The Morgan fingerprint density at radius 2 is 2.00 bits per heavy atom. The van der Waals surface area contributed by atoms with Crippen molar-refractivity contribution in [1.29, 1.82) is 5.26 Å². The molecule has 4 nitrogen and oxygen atoms in total. The molecule has 0 atom stereocenters. The Morgan fingerprint density at radius 1 is 1.15 bits per heavy atom. The van der Waals surface area contributed by atoms with E-state index in [4.69, 9.17) is 19.5 Å². The van der Waals surface area contributed by atoms with Gasteiger partial charge in [0.15, 0.2) is 11.5 Å². The van der Waals surface area contributed by atoms with Crippen LogP contribution in [0, 0.1) is 17.1 Å². The lowest BCUT2D eigenvalue weighted by Gasteiger charge is -2.08. The lowest BCUT2D eigenvalue weighted by molar-refractivity contribution is 0.173. The summed E-state index contributed by atoms with van der Waals surface area (Å²) in [5, 5.41) is 8.68. The molecule has 1 aliphatic heterocycles. The quantitative estimate of drug-likeness (QED) is 0.861. The maximum absolute atomic E-state index is 13.7. The third-order valence-corrected chi connectivity index (χ3v) is 2.92. The van der Waals surface area contributed by atoms with Gasteiger partial charge < -0.3 is 14.2 Å². The minimum atomic E-state index is -0.454. The van der Waals surface area contributed by atoms with Gasteiger partial charge in [-0.15, -0.1) is 0 Å². The summed E-state index contributed by atoms with van der Waals surface area (Å²) in [6.45, 7) is 0.278. The summed E-state index contributed by atoms with van der Waals surface area (Å²) in [5.41, 5.74) is 0.677. The Balaban J connectivity index is 1.72. The van der Waals surface area contributed by atoms with E-state index in [0.717, 1.165) is 0 Å². The van der Waals surface area contributed by atoms with Crippen molar-refractivity contribution < 1.29 is 18.6 Å². The fourth-order valence-electron chi connectivity index (χ4n) is 1.86. The molecule has 0 spiro atoms. The van der Waals surface area contributed by atoms with Gasteiger partial charge in [0.1, 0.15) is 18.2 Å². The zero-order valence-electron chi connectivity index (χ0n) is 10.4. The fraction of sp³-hybridized carbons (Fsp3) is 0.133. The number of hydrogen-bond donors (Lipinski definition) is 0. The Bertz CT molecular complexity index is 694. The van der Waals surface area contributed by atoms with Crippen LogP contribution < -0.4 is 14.2 Å². The van der Waals surface area contributed by atoms with Gasteiger partial charge in [-0.3, -0.25) is 0 Å². The molecule has 0 saturated heterocycles. The van der Waals surface area contributed by atoms with Crippen LogP contribution in [0.15, 0.2) is 36.4 Å². The molecule has 2 aromatic rings. The molecule has 1 heterocycles. The highest BCUT2D eigenvalue weighted by atomic mass is 19.1. The van der Waals surface area contributed by atoms with Gasteiger partial charge in [-0.25, -0.2) is 4.39 Å². The van der Waals surface area contributed by atoms with E-state index in [9.17, 15) is 4.39 Å². The van der Waals surface area contributed by atoms with Crippen LogP contribution in [0.4, 0.5) is 4.39 Å². The lowest BCUT2D eigenvalue weighted by atomic mass is 10.1. The minimum absolute atomic E-state index is 0.0805. The van der Waals surface area contributed by atoms with Crippen molar-refractivity contribution >= 4 is 0 Å². The van der Waals surface area contributed by atoms with Gasteiger partial charge in [-0.1, -0.05) is 6.07 Å². The minimum Gasteiger partial charge on any atom is -0.489 e. The summed E-state index contributed by atoms with van der Waals surface area (Å²) in [6.07, 6.45) is 0. The van der Waals surface area contributed by atoms with Crippen LogP contribution in [0.3, 0.4) is 0 Å². The SMILES string of the molecule is N#Cc1ccc(COc2ccc3c(c2)OCO3)c(F)c1. The molecule has 0 fully saturated rings. The fourth-order valence-corrected chi connectivity index (χ4v) is 1.86. The number of nitrogens with zero attached hydrogens (tertiary/aromatic N) is 1. The molecule has 100 valence electrons. The third-order valence-electron chi connectivity index (χ3n) is 2.92. The summed E-state index contributed by atoms with van der Waals surface area (Å²) in [6, 6.07) is 11.4. The molecule has 5 heteroatoms. The normalized spacial score (nSPS) is 12.0. The molecule has 2 aromatic carbocycles. The summed E-state index contributed by atoms with van der Waals surface area (Å²) < 4.78 is 29.6. The predicted molar refractivity (Wildman–Crippen MR) is 68.0 cm³/mol. The van der Waals surface area contributed by atoms with Crippen molar-refractivity contribution in [3.8, 4) is 23.3 Å². The number of nitriles is 1. The van der Waals surface area contributed by atoms with Crippen LogP contribution in [0.5, 0.6) is 17.2 Å². The van der Waals surface area contributed by atoms with Crippen molar-refractivity contribution in [3.63, 3.8) is 0 Å². The molecular weight excluding hydrogens is 261 g/mol. The Hall–Kier alpha value is -2.74. The van der Waals surface area contributed by atoms with Gasteiger partial charge in [0.2, 0.25) is 6.79 Å². The van der Waals surface area contributed by atoms with Crippen LogP contribution in [-0.4, -0.2) is 6.79 Å². The van der Waals surface area contributed by atoms with Gasteiger partial charge in [-0.05, 0) is 24.3 Å². The molecule has 0 aromatic heterocycles. The van der Waals surface area contributed by atoms with Gasteiger partial charge in [0.25, 0.3) is 0 Å². The van der Waals surface area contributed by atoms with E-state index >= 15 is 0 Å². The van der Waals surface area contributed by atoms with Gasteiger partial charge in [-0.2, -0.15) is 5.26 Å². The van der Waals surface area contributed by atoms with E-state index in [1.807, 2.05) is 6.07 Å². The van der Waals surface area contributed by atoms with Crippen LogP contribution in [0.1, 0.15) is 11.1 Å². The summed E-state index contributed by atoms with van der Waals surface area (Å²) in [4.78, 5) is 0. The molecule has 0 aliphatic carbocycles. The Kier molecular flexibility index (Phi) is 3.13. The van der Waals surface area contributed by atoms with E-state index in [0.29, 0.717) is 22.8 Å². The standard InChI is InChI=1S/C15H10FNO3/c16-13-5-10(7-17)1-2-11(13)8-18-12-3-4-14-15(6-12)20-9-19-14/h1-6H,8-9H2. The van der Waals surface area contributed by atoms with Crippen molar-refractivity contribution in [2.45, 2.75) is 6.61 Å². The zero-order valence-corrected chi connectivity index (χ0v) is 10.4. The molecule has 0 N–H and O–H groups in total. The molecule has 20 heavy (non-hydrogen) atoms. The van der Waals surface area contributed by atoms with Gasteiger partial charge >= 0.3 is 0 Å². The number of rotatable bonds is 3. The van der Waals surface area contributed by atoms with E-state index in [-0.39, 0.29) is 19.0 Å². The molecule has 3 rings (SSSR count). The van der Waals surface area contributed by atoms with Crippen LogP contribution in [-0.2, 0) is 6.61 Å². The average molecular weight is 271 g/mol. The maximum Gasteiger partial charge on any atom is 0.231 e. The second-order valence-electron chi connectivity index (χ2n) is 4.22. The van der Waals surface area contributed by atoms with Gasteiger partial charge in [0, 0.05) is 11.6 Å². The summed E-state index contributed by atoms with van der Waals surface area (Å²) >= 11 is 0. The molecule has 0 bridgehead atoms. The predicted octanol–water partition coefficient (Wildman–Crippen LogP) is 3.01. The number of fused-ring (bicyclic) bond motifs is 1. The number of hydrogen-bond acceptors (Lipinski definition) is 4. The lowest BCUT2D eigenvalue weighted by Crippen LogP contribution is -1.99. The zero-order chi connectivity index (χ0) is 13.9. The van der Waals surface area contributed by atoms with Gasteiger partial charge in [0.05, 0.1) is 11.6 Å². The number of ether oxygens (including phenoxy) is 3. The van der Waals surface area contributed by atoms with Crippen LogP contribution in [0.2, 0.25) is 0 Å². The van der Waals surface area contributed by atoms with Crippen molar-refractivity contribution in [2.24, 2.45) is 0 Å². The molecule has 0 saturated carbocycles. The first-order valence-corrected chi connectivity index (χ1v) is 5.97. The van der Waals surface area contributed by atoms with Crippen molar-refractivity contribution in [2.75, 3.05) is 6.79 Å². The smallest absolute Gasteiger partial charge is 0.231 e. The second-order valence-corrected chi connectivity index (χ2v) is 4.22. The summed E-state index contributed by atoms with van der Waals surface area (Å²) in [5.74, 6) is 1.40. The molecule has 0 radical (unpaired) electrons. The highest BCUT2D eigenvalue weighted by molar-refractivity contribution is 5.47. The Labute approximate surface area is 114 Å². The number of benzene rings is 2. The topological polar surface area (TPSA) is 51.5 Å². The maximum atomic E-state index is 13.7. The van der Waals surface area contributed by atoms with Crippen LogP contribution in [0.25, 0.3) is 0 Å². The first-order chi connectivity index (χ1) is 9.76. The molecular formula is C15H10FNO3. The van der Waals surface area contributed by atoms with Crippen molar-refractivity contribution in [1.82, 2.24) is 0 Å². The number of halogens is 1. The molecule has 0 amide bonds. The second kappa shape index (κ2) is 5.10. The average Bonchev–Trinajstić information content (AvgIpc) is 2.93. The highest BCUT2D eigenvalue weighted by Gasteiger charge is 2.14. The molecule has 0 unspecified atom stereocenters. The summed E-state index contributed by atoms with van der Waals surface area (Å²) in [7, 11) is 0.